The highest BCUT2D eigenvalue weighted by atomic mass is 79.9. The van der Waals surface area contributed by atoms with Crippen LogP contribution in [-0.2, 0) is 9.47 Å². The zero-order valence-electron chi connectivity index (χ0n) is 9.65. The average Bonchev–Trinajstić information content (AvgIpc) is 2.24. The molecule has 1 aromatic rings. The third-order valence-electron chi connectivity index (χ3n) is 2.24. The van der Waals surface area contributed by atoms with E-state index in [1.54, 1.807) is 7.11 Å². The molecule has 0 fully saturated rings. The van der Waals surface area contributed by atoms with E-state index < -0.39 is 0 Å². The van der Waals surface area contributed by atoms with Crippen molar-refractivity contribution in [2.24, 2.45) is 5.73 Å². The van der Waals surface area contributed by atoms with E-state index in [-0.39, 0.29) is 12.1 Å². The summed E-state index contributed by atoms with van der Waals surface area (Å²) in [5, 5.41) is 0. The van der Waals surface area contributed by atoms with Crippen LogP contribution >= 0.6 is 15.9 Å². The Bertz CT molecular complexity index is 318. The van der Waals surface area contributed by atoms with Gasteiger partial charge in [-0.15, -0.1) is 0 Å². The van der Waals surface area contributed by atoms with Gasteiger partial charge in [-0.3, -0.25) is 0 Å². The number of hydrogen-bond acceptors (Lipinski definition) is 3. The third-order valence-corrected chi connectivity index (χ3v) is 2.73. The second-order valence-corrected chi connectivity index (χ2v) is 4.61. The van der Waals surface area contributed by atoms with Crippen LogP contribution in [0, 0.1) is 0 Å². The lowest BCUT2D eigenvalue weighted by Gasteiger charge is -2.22. The lowest BCUT2D eigenvalue weighted by Crippen LogP contribution is -2.28. The van der Waals surface area contributed by atoms with Crippen molar-refractivity contribution in [2.45, 2.75) is 19.1 Å². The average molecular weight is 288 g/mol. The maximum absolute atomic E-state index is 5.92. The molecule has 2 atom stereocenters. The fourth-order valence-corrected chi connectivity index (χ4v) is 1.91. The van der Waals surface area contributed by atoms with E-state index in [0.29, 0.717) is 13.2 Å². The quantitative estimate of drug-likeness (QED) is 0.818. The third kappa shape index (κ3) is 4.22. The first-order valence-corrected chi connectivity index (χ1v) is 6.06. The second-order valence-electron chi connectivity index (χ2n) is 3.70. The van der Waals surface area contributed by atoms with Crippen LogP contribution in [0.25, 0.3) is 0 Å². The van der Waals surface area contributed by atoms with Gasteiger partial charge in [0.05, 0.1) is 19.3 Å². The fourth-order valence-electron chi connectivity index (χ4n) is 1.49. The molecular weight excluding hydrogens is 270 g/mol. The minimum absolute atomic E-state index is 0.0499. The highest BCUT2D eigenvalue weighted by molar-refractivity contribution is 9.10. The first-order valence-electron chi connectivity index (χ1n) is 5.26. The summed E-state index contributed by atoms with van der Waals surface area (Å²) in [7, 11) is 1.66. The SMILES string of the molecule is COCCOC(c1cccc(Br)c1)C(C)N. The zero-order valence-corrected chi connectivity index (χ0v) is 11.2. The van der Waals surface area contributed by atoms with Crippen LogP contribution in [-0.4, -0.2) is 26.4 Å². The summed E-state index contributed by atoms with van der Waals surface area (Å²) in [4.78, 5) is 0. The number of hydrogen-bond donors (Lipinski definition) is 1. The Morgan fingerprint density at radius 1 is 1.38 bits per heavy atom. The Balaban J connectivity index is 2.69. The lowest BCUT2D eigenvalue weighted by molar-refractivity contribution is 0.00615. The van der Waals surface area contributed by atoms with Gasteiger partial charge in [0.2, 0.25) is 0 Å². The molecule has 16 heavy (non-hydrogen) atoms. The topological polar surface area (TPSA) is 44.5 Å². The molecule has 0 amide bonds. The van der Waals surface area contributed by atoms with Gasteiger partial charge in [-0.1, -0.05) is 28.1 Å². The molecule has 0 aliphatic carbocycles. The van der Waals surface area contributed by atoms with Crippen molar-refractivity contribution in [2.75, 3.05) is 20.3 Å². The molecule has 0 saturated heterocycles. The van der Waals surface area contributed by atoms with E-state index in [1.807, 2.05) is 31.2 Å². The minimum Gasteiger partial charge on any atom is -0.382 e. The molecule has 1 aromatic carbocycles. The van der Waals surface area contributed by atoms with Crippen LogP contribution in [0.2, 0.25) is 0 Å². The Kier molecular flexibility index (Phi) is 5.98. The van der Waals surface area contributed by atoms with E-state index in [2.05, 4.69) is 15.9 Å². The van der Waals surface area contributed by atoms with Crippen LogP contribution in [0.1, 0.15) is 18.6 Å². The number of benzene rings is 1. The van der Waals surface area contributed by atoms with Gasteiger partial charge in [0, 0.05) is 17.6 Å². The molecule has 0 radical (unpaired) electrons. The fraction of sp³-hybridized carbons (Fsp3) is 0.500. The molecule has 0 aliphatic rings. The van der Waals surface area contributed by atoms with Crippen LogP contribution < -0.4 is 5.73 Å². The van der Waals surface area contributed by atoms with Crippen molar-refractivity contribution in [1.29, 1.82) is 0 Å². The first-order chi connectivity index (χ1) is 7.65. The Morgan fingerprint density at radius 2 is 2.12 bits per heavy atom. The largest absolute Gasteiger partial charge is 0.382 e. The van der Waals surface area contributed by atoms with Crippen molar-refractivity contribution in [3.8, 4) is 0 Å². The normalized spacial score (nSPS) is 14.8. The lowest BCUT2D eigenvalue weighted by atomic mass is 10.0. The van der Waals surface area contributed by atoms with Crippen molar-refractivity contribution >= 4 is 15.9 Å². The van der Waals surface area contributed by atoms with E-state index >= 15 is 0 Å². The minimum atomic E-state index is -0.0901. The van der Waals surface area contributed by atoms with Gasteiger partial charge in [-0.05, 0) is 24.6 Å². The first kappa shape index (κ1) is 13.6. The number of methoxy groups -OCH3 is 1. The Hall–Kier alpha value is -0.420. The van der Waals surface area contributed by atoms with Gasteiger partial charge in [0.1, 0.15) is 0 Å². The zero-order chi connectivity index (χ0) is 12.0. The molecule has 0 aliphatic heterocycles. The molecule has 0 aromatic heterocycles. The smallest absolute Gasteiger partial charge is 0.0974 e. The number of nitrogens with two attached hydrogens (primary N) is 1. The molecule has 2 unspecified atom stereocenters. The van der Waals surface area contributed by atoms with Crippen LogP contribution in [0.4, 0.5) is 0 Å². The summed E-state index contributed by atoms with van der Waals surface area (Å²) in [5.74, 6) is 0. The molecule has 4 heteroatoms. The Labute approximate surface area is 105 Å². The van der Waals surface area contributed by atoms with Crippen LogP contribution in [0.5, 0.6) is 0 Å². The predicted molar refractivity (Wildman–Crippen MR) is 68.4 cm³/mol. The maximum Gasteiger partial charge on any atom is 0.0974 e. The highest BCUT2D eigenvalue weighted by Crippen LogP contribution is 2.23. The molecular formula is C12H18BrNO2. The highest BCUT2D eigenvalue weighted by Gasteiger charge is 2.16. The van der Waals surface area contributed by atoms with Gasteiger partial charge in [0.15, 0.2) is 0 Å². The van der Waals surface area contributed by atoms with Crippen LogP contribution in [0.15, 0.2) is 28.7 Å². The molecule has 0 bridgehead atoms. The summed E-state index contributed by atoms with van der Waals surface area (Å²) >= 11 is 3.44. The molecule has 3 nitrogen and oxygen atoms in total. The van der Waals surface area contributed by atoms with Gasteiger partial charge >= 0.3 is 0 Å². The van der Waals surface area contributed by atoms with E-state index in [0.717, 1.165) is 10.0 Å². The standard InChI is InChI=1S/C12H18BrNO2/c1-9(14)12(16-7-6-15-2)10-4-3-5-11(13)8-10/h3-5,8-9,12H,6-7,14H2,1-2H3. The number of rotatable bonds is 6. The molecule has 0 heterocycles. The summed E-state index contributed by atoms with van der Waals surface area (Å²) in [6.07, 6.45) is -0.0901. The number of ether oxygens (including phenoxy) is 2. The Morgan fingerprint density at radius 3 is 2.69 bits per heavy atom. The molecule has 0 spiro atoms. The predicted octanol–water partition coefficient (Wildman–Crippen LogP) is 2.50. The van der Waals surface area contributed by atoms with Crippen molar-refractivity contribution in [1.82, 2.24) is 0 Å². The number of halogens is 1. The molecule has 2 N–H and O–H groups in total. The maximum atomic E-state index is 5.92. The van der Waals surface area contributed by atoms with E-state index in [9.17, 15) is 0 Å². The van der Waals surface area contributed by atoms with Crippen molar-refractivity contribution in [3.63, 3.8) is 0 Å². The summed E-state index contributed by atoms with van der Waals surface area (Å²) in [5.41, 5.74) is 7.00. The monoisotopic (exact) mass is 287 g/mol. The van der Waals surface area contributed by atoms with E-state index in [1.165, 1.54) is 0 Å². The van der Waals surface area contributed by atoms with Gasteiger partial charge in [-0.2, -0.15) is 0 Å². The van der Waals surface area contributed by atoms with Crippen LogP contribution in [0.3, 0.4) is 0 Å². The van der Waals surface area contributed by atoms with Crippen molar-refractivity contribution in [3.05, 3.63) is 34.3 Å². The van der Waals surface area contributed by atoms with Gasteiger partial charge in [-0.25, -0.2) is 0 Å². The van der Waals surface area contributed by atoms with Gasteiger partial charge in [0.25, 0.3) is 0 Å². The summed E-state index contributed by atoms with van der Waals surface area (Å²) < 4.78 is 11.7. The molecule has 0 saturated carbocycles. The molecule has 1 rings (SSSR count). The van der Waals surface area contributed by atoms with E-state index in [4.69, 9.17) is 15.2 Å². The summed E-state index contributed by atoms with van der Waals surface area (Å²) in [6.45, 7) is 3.07. The van der Waals surface area contributed by atoms with Crippen molar-refractivity contribution < 1.29 is 9.47 Å². The molecule has 90 valence electrons. The summed E-state index contributed by atoms with van der Waals surface area (Å²) in [6, 6.07) is 7.96. The second kappa shape index (κ2) is 7.01. The van der Waals surface area contributed by atoms with Gasteiger partial charge < -0.3 is 15.2 Å².